The summed E-state index contributed by atoms with van der Waals surface area (Å²) in [5.41, 5.74) is 0.476. The highest BCUT2D eigenvalue weighted by atomic mass is 16.3. The van der Waals surface area contributed by atoms with Crippen LogP contribution in [0.5, 0.6) is 5.88 Å². The van der Waals surface area contributed by atoms with Gasteiger partial charge < -0.3 is 5.11 Å². The SMILES string of the molecule is Cc1ccc(-n2c(O)c(C=Nc3cccc4c3C(=O)c3ccccc3C4=O)c(=O)[nH]c2=O)cc1. The molecule has 3 aromatic carbocycles. The van der Waals surface area contributed by atoms with Crippen molar-refractivity contribution in [3.63, 3.8) is 0 Å². The molecule has 1 aliphatic carbocycles. The van der Waals surface area contributed by atoms with Crippen LogP contribution in [-0.4, -0.2) is 32.4 Å². The maximum Gasteiger partial charge on any atom is 0.335 e. The van der Waals surface area contributed by atoms with Crippen molar-refractivity contribution in [1.82, 2.24) is 9.55 Å². The summed E-state index contributed by atoms with van der Waals surface area (Å²) < 4.78 is 0.952. The number of hydrogen-bond donors (Lipinski definition) is 2. The van der Waals surface area contributed by atoms with Gasteiger partial charge >= 0.3 is 5.69 Å². The van der Waals surface area contributed by atoms with Gasteiger partial charge in [0.25, 0.3) is 5.56 Å². The number of rotatable bonds is 3. The van der Waals surface area contributed by atoms with Gasteiger partial charge in [0.15, 0.2) is 11.6 Å². The predicted molar refractivity (Wildman–Crippen MR) is 126 cm³/mol. The van der Waals surface area contributed by atoms with Crippen LogP contribution in [0, 0.1) is 6.92 Å². The van der Waals surface area contributed by atoms with E-state index in [1.165, 1.54) is 6.07 Å². The molecule has 0 spiro atoms. The first kappa shape index (κ1) is 21.0. The molecule has 34 heavy (non-hydrogen) atoms. The summed E-state index contributed by atoms with van der Waals surface area (Å²) in [6, 6.07) is 18.0. The van der Waals surface area contributed by atoms with Crippen molar-refractivity contribution in [3.8, 4) is 11.6 Å². The summed E-state index contributed by atoms with van der Waals surface area (Å²) in [6.45, 7) is 1.88. The maximum absolute atomic E-state index is 13.1. The first-order chi connectivity index (χ1) is 16.4. The first-order valence-corrected chi connectivity index (χ1v) is 10.4. The highest BCUT2D eigenvalue weighted by molar-refractivity contribution is 6.30. The second-order valence-corrected chi connectivity index (χ2v) is 7.83. The Labute approximate surface area is 192 Å². The van der Waals surface area contributed by atoms with Crippen LogP contribution in [0.4, 0.5) is 5.69 Å². The van der Waals surface area contributed by atoms with Crippen LogP contribution < -0.4 is 11.2 Å². The number of aliphatic imine (C=N–C) groups is 1. The second kappa shape index (κ2) is 7.93. The molecule has 4 aromatic rings. The predicted octanol–water partition coefficient (Wildman–Crippen LogP) is 3.07. The van der Waals surface area contributed by atoms with Crippen LogP contribution in [-0.2, 0) is 0 Å². The largest absolute Gasteiger partial charge is 0.493 e. The summed E-state index contributed by atoms with van der Waals surface area (Å²) >= 11 is 0. The monoisotopic (exact) mass is 451 g/mol. The fourth-order valence-electron chi connectivity index (χ4n) is 3.96. The first-order valence-electron chi connectivity index (χ1n) is 10.4. The van der Waals surface area contributed by atoms with Crippen LogP contribution in [0.2, 0.25) is 0 Å². The van der Waals surface area contributed by atoms with E-state index >= 15 is 0 Å². The van der Waals surface area contributed by atoms with Crippen LogP contribution in [0.1, 0.15) is 43.0 Å². The molecule has 5 rings (SSSR count). The minimum atomic E-state index is -0.841. The molecule has 0 fully saturated rings. The van der Waals surface area contributed by atoms with Crippen LogP contribution in [0.3, 0.4) is 0 Å². The Morgan fingerprint density at radius 3 is 2.18 bits per heavy atom. The molecule has 0 unspecified atom stereocenters. The van der Waals surface area contributed by atoms with Crippen molar-refractivity contribution < 1.29 is 14.7 Å². The van der Waals surface area contributed by atoms with E-state index in [-0.39, 0.29) is 39.5 Å². The van der Waals surface area contributed by atoms with Gasteiger partial charge in [-0.3, -0.25) is 24.4 Å². The van der Waals surface area contributed by atoms with Gasteiger partial charge in [-0.15, -0.1) is 0 Å². The van der Waals surface area contributed by atoms with Crippen LogP contribution in [0.25, 0.3) is 5.69 Å². The van der Waals surface area contributed by atoms with E-state index in [2.05, 4.69) is 9.98 Å². The van der Waals surface area contributed by atoms with Crippen molar-refractivity contribution in [2.24, 2.45) is 4.99 Å². The number of fused-ring (bicyclic) bond motifs is 2. The molecule has 0 amide bonds. The van der Waals surface area contributed by atoms with Crippen molar-refractivity contribution in [2.75, 3.05) is 0 Å². The Morgan fingerprint density at radius 2 is 1.47 bits per heavy atom. The molecule has 0 bridgehead atoms. The van der Waals surface area contributed by atoms with Gasteiger partial charge in [-0.1, -0.05) is 54.1 Å². The van der Waals surface area contributed by atoms with E-state index < -0.39 is 17.1 Å². The van der Waals surface area contributed by atoms with Gasteiger partial charge in [0, 0.05) is 22.9 Å². The third kappa shape index (κ3) is 3.29. The number of carbonyl (C=O) groups is 2. The Balaban J connectivity index is 1.63. The van der Waals surface area contributed by atoms with Gasteiger partial charge in [0.05, 0.1) is 16.9 Å². The van der Waals surface area contributed by atoms with Crippen molar-refractivity contribution in [2.45, 2.75) is 6.92 Å². The number of nitrogens with one attached hydrogen (secondary N) is 1. The molecule has 0 atom stereocenters. The van der Waals surface area contributed by atoms with E-state index in [9.17, 15) is 24.3 Å². The lowest BCUT2D eigenvalue weighted by molar-refractivity contribution is 0.0979. The maximum atomic E-state index is 13.1. The lowest BCUT2D eigenvalue weighted by Crippen LogP contribution is -2.31. The number of ketones is 2. The molecule has 0 aliphatic heterocycles. The highest BCUT2D eigenvalue weighted by Gasteiger charge is 2.31. The molecule has 1 aromatic heterocycles. The summed E-state index contributed by atoms with van der Waals surface area (Å²) in [5, 5.41) is 10.7. The topological polar surface area (TPSA) is 122 Å². The normalized spacial score (nSPS) is 12.6. The molecule has 8 nitrogen and oxygen atoms in total. The lowest BCUT2D eigenvalue weighted by atomic mass is 9.83. The number of aromatic amines is 1. The Bertz CT molecular complexity index is 1640. The second-order valence-electron chi connectivity index (χ2n) is 7.83. The van der Waals surface area contributed by atoms with Crippen LogP contribution >= 0.6 is 0 Å². The molecule has 2 N–H and O–H groups in total. The molecule has 1 heterocycles. The van der Waals surface area contributed by atoms with E-state index in [0.717, 1.165) is 16.3 Å². The van der Waals surface area contributed by atoms with Gasteiger partial charge in [0.1, 0.15) is 5.56 Å². The average Bonchev–Trinajstić information content (AvgIpc) is 2.83. The highest BCUT2D eigenvalue weighted by Crippen LogP contribution is 2.33. The minimum absolute atomic E-state index is 0.116. The molecule has 1 aliphatic rings. The number of H-pyrrole nitrogens is 1. The standard InChI is InChI=1S/C26H17N3O5/c1-14-9-11-15(12-10-14)29-25(33)19(24(32)28-26(29)34)13-27-20-8-4-7-18-21(20)23(31)17-6-3-2-5-16(17)22(18)30/h2-13,33H,1H3,(H,28,32,34). The number of aromatic nitrogens is 2. The Hall–Kier alpha value is -4.85. The number of hydrogen-bond acceptors (Lipinski definition) is 6. The number of nitrogens with zero attached hydrogens (tertiary/aromatic N) is 2. The van der Waals surface area contributed by atoms with Gasteiger partial charge in [-0.25, -0.2) is 9.36 Å². The third-order valence-electron chi connectivity index (χ3n) is 5.68. The number of aryl methyl sites for hydroxylation is 1. The summed E-state index contributed by atoms with van der Waals surface area (Å²) in [6.07, 6.45) is 1.08. The Morgan fingerprint density at radius 1 is 0.824 bits per heavy atom. The van der Waals surface area contributed by atoms with Crippen LogP contribution in [0.15, 0.2) is 81.3 Å². The van der Waals surface area contributed by atoms with Gasteiger partial charge in [-0.2, -0.15) is 0 Å². The van der Waals surface area contributed by atoms with Crippen molar-refractivity contribution in [3.05, 3.63) is 121 Å². The molecule has 166 valence electrons. The van der Waals surface area contributed by atoms with Gasteiger partial charge in [0.2, 0.25) is 5.88 Å². The Kier molecular flexibility index (Phi) is 4.90. The van der Waals surface area contributed by atoms with Crippen molar-refractivity contribution >= 4 is 23.5 Å². The molecule has 0 radical (unpaired) electrons. The van der Waals surface area contributed by atoms with E-state index in [4.69, 9.17) is 0 Å². The van der Waals surface area contributed by atoms with E-state index in [0.29, 0.717) is 11.3 Å². The molecule has 0 saturated carbocycles. The number of aromatic hydroxyl groups is 1. The zero-order valence-corrected chi connectivity index (χ0v) is 17.9. The third-order valence-corrected chi connectivity index (χ3v) is 5.68. The number of benzene rings is 3. The molecule has 8 heteroatoms. The van der Waals surface area contributed by atoms with E-state index in [1.54, 1.807) is 60.7 Å². The minimum Gasteiger partial charge on any atom is -0.493 e. The number of carbonyl (C=O) groups excluding carboxylic acids is 2. The fraction of sp³-hybridized carbons (Fsp3) is 0.0385. The van der Waals surface area contributed by atoms with Crippen molar-refractivity contribution in [1.29, 1.82) is 0 Å². The summed E-state index contributed by atoms with van der Waals surface area (Å²) in [5.74, 6) is -1.25. The summed E-state index contributed by atoms with van der Waals surface area (Å²) in [7, 11) is 0. The zero-order valence-electron chi connectivity index (χ0n) is 17.9. The quantitative estimate of drug-likeness (QED) is 0.408. The summed E-state index contributed by atoms with van der Waals surface area (Å²) in [4.78, 5) is 57.3. The zero-order chi connectivity index (χ0) is 24.0. The smallest absolute Gasteiger partial charge is 0.335 e. The van der Waals surface area contributed by atoms with Gasteiger partial charge in [-0.05, 0) is 25.1 Å². The molecular weight excluding hydrogens is 434 g/mol. The lowest BCUT2D eigenvalue weighted by Gasteiger charge is -2.18. The molecular formula is C26H17N3O5. The fourth-order valence-corrected chi connectivity index (χ4v) is 3.96. The molecule has 0 saturated heterocycles. The van der Waals surface area contributed by atoms with E-state index in [1.807, 2.05) is 6.92 Å². The average molecular weight is 451 g/mol.